The highest BCUT2D eigenvalue weighted by Gasteiger charge is 2.19. The summed E-state index contributed by atoms with van der Waals surface area (Å²) < 4.78 is 6.38. The van der Waals surface area contributed by atoms with Crippen LogP contribution in [0.3, 0.4) is 0 Å². The topological polar surface area (TPSA) is 91.9 Å². The zero-order chi connectivity index (χ0) is 15.2. The van der Waals surface area contributed by atoms with Crippen LogP contribution in [0.4, 0.5) is 10.5 Å². The molecule has 21 heavy (non-hydrogen) atoms. The van der Waals surface area contributed by atoms with Crippen molar-refractivity contribution >= 4 is 27.7 Å². The maximum atomic E-state index is 10.8. The van der Waals surface area contributed by atoms with Crippen LogP contribution in [0, 0.1) is 0 Å². The molecule has 0 saturated carbocycles. The minimum atomic E-state index is -0.838. The Bertz CT molecular complexity index is 492. The minimum Gasteiger partial charge on any atom is -0.476 e. The largest absolute Gasteiger partial charge is 0.476 e. The fourth-order valence-electron chi connectivity index (χ4n) is 2.18. The van der Waals surface area contributed by atoms with Crippen LogP contribution in [-0.4, -0.2) is 65.3 Å². The first-order valence-electron chi connectivity index (χ1n) is 6.80. The summed E-state index contributed by atoms with van der Waals surface area (Å²) in [5.41, 5.74) is 6.31. The molecule has 1 aliphatic heterocycles. The number of hydrogen-bond acceptors (Lipinski definition) is 5. The molecule has 2 heterocycles. The lowest BCUT2D eigenvalue weighted by Crippen LogP contribution is -2.48. The third-order valence-electron chi connectivity index (χ3n) is 3.35. The number of carboxylic acid groups (broad SMARTS) is 1. The lowest BCUT2D eigenvalue weighted by Gasteiger charge is -2.32. The predicted octanol–water partition coefficient (Wildman–Crippen LogP) is 1.49. The van der Waals surface area contributed by atoms with Crippen LogP contribution in [0.25, 0.3) is 0 Å². The van der Waals surface area contributed by atoms with Gasteiger partial charge in [-0.25, -0.2) is 9.78 Å². The van der Waals surface area contributed by atoms with Gasteiger partial charge in [-0.15, -0.1) is 0 Å². The molecule has 0 aromatic carbocycles. The number of nitrogens with zero attached hydrogens (tertiary/aromatic N) is 3. The molecule has 0 bridgehead atoms. The van der Waals surface area contributed by atoms with E-state index in [1.165, 1.54) is 4.90 Å². The lowest BCUT2D eigenvalue weighted by atomic mass is 10.3. The summed E-state index contributed by atoms with van der Waals surface area (Å²) >= 11 is 3.29. The molecule has 7 nitrogen and oxygen atoms in total. The molecule has 0 atom stereocenters. The van der Waals surface area contributed by atoms with E-state index in [1.807, 2.05) is 0 Å². The number of piperazine rings is 1. The smallest absolute Gasteiger partial charge is 0.407 e. The Morgan fingerprint density at radius 1 is 1.43 bits per heavy atom. The highest BCUT2D eigenvalue weighted by Crippen LogP contribution is 2.21. The molecule has 3 N–H and O–H groups in total. The van der Waals surface area contributed by atoms with Gasteiger partial charge in [0, 0.05) is 43.4 Å². The third kappa shape index (κ3) is 4.75. The van der Waals surface area contributed by atoms with Crippen molar-refractivity contribution in [1.82, 2.24) is 14.8 Å². The highest BCUT2D eigenvalue weighted by molar-refractivity contribution is 9.10. The monoisotopic (exact) mass is 358 g/mol. The molecular weight excluding hydrogens is 340 g/mol. The summed E-state index contributed by atoms with van der Waals surface area (Å²) in [7, 11) is 0. The molecular formula is C13H19BrN4O3. The van der Waals surface area contributed by atoms with Gasteiger partial charge in [0.15, 0.2) is 0 Å². The summed E-state index contributed by atoms with van der Waals surface area (Å²) in [5.74, 6) is 0.453. The van der Waals surface area contributed by atoms with Crippen LogP contribution in [-0.2, 0) is 0 Å². The number of halogens is 1. The van der Waals surface area contributed by atoms with Crippen LogP contribution < -0.4 is 10.5 Å². The maximum absolute atomic E-state index is 10.8. The molecule has 116 valence electrons. The highest BCUT2D eigenvalue weighted by atomic mass is 79.9. The van der Waals surface area contributed by atoms with Gasteiger partial charge in [-0.3, -0.25) is 4.90 Å². The Labute approximate surface area is 131 Å². The van der Waals surface area contributed by atoms with Crippen LogP contribution in [0.15, 0.2) is 16.7 Å². The molecule has 0 spiro atoms. The summed E-state index contributed by atoms with van der Waals surface area (Å²) in [5, 5.41) is 8.88. The first-order valence-corrected chi connectivity index (χ1v) is 7.59. The number of aromatic nitrogens is 1. The Hall–Kier alpha value is -1.54. The van der Waals surface area contributed by atoms with Crippen molar-refractivity contribution in [2.45, 2.75) is 6.42 Å². The second kappa shape index (κ2) is 7.46. The number of nitrogen functional groups attached to an aromatic ring is 1. The van der Waals surface area contributed by atoms with E-state index in [-0.39, 0.29) is 0 Å². The van der Waals surface area contributed by atoms with E-state index < -0.39 is 6.09 Å². The summed E-state index contributed by atoms with van der Waals surface area (Å²) in [6.45, 7) is 4.09. The Morgan fingerprint density at radius 2 is 2.14 bits per heavy atom. The minimum absolute atomic E-state index is 0.453. The van der Waals surface area contributed by atoms with Gasteiger partial charge < -0.3 is 20.5 Å². The number of anilines is 1. The van der Waals surface area contributed by atoms with Crippen LogP contribution in [0.1, 0.15) is 6.42 Å². The number of nitrogens with two attached hydrogens (primary N) is 1. The number of rotatable bonds is 5. The maximum Gasteiger partial charge on any atom is 0.407 e. The van der Waals surface area contributed by atoms with E-state index in [0.717, 1.165) is 30.5 Å². The Balaban J connectivity index is 1.65. The van der Waals surface area contributed by atoms with Crippen LogP contribution in [0.5, 0.6) is 5.88 Å². The van der Waals surface area contributed by atoms with E-state index in [4.69, 9.17) is 15.6 Å². The summed E-state index contributed by atoms with van der Waals surface area (Å²) in [6, 6.07) is 1.76. The second-order valence-corrected chi connectivity index (χ2v) is 5.78. The second-order valence-electron chi connectivity index (χ2n) is 4.86. The molecule has 0 unspecified atom stereocenters. The number of pyridine rings is 1. The van der Waals surface area contributed by atoms with Gasteiger partial charge in [0.25, 0.3) is 0 Å². The van der Waals surface area contributed by atoms with Crippen molar-refractivity contribution in [2.75, 3.05) is 45.1 Å². The molecule has 0 aliphatic carbocycles. The van der Waals surface area contributed by atoms with E-state index in [9.17, 15) is 4.79 Å². The van der Waals surface area contributed by atoms with Gasteiger partial charge in [-0.1, -0.05) is 0 Å². The Kier molecular flexibility index (Phi) is 5.63. The average molecular weight is 359 g/mol. The normalized spacial score (nSPS) is 16.0. The number of amides is 1. The van der Waals surface area contributed by atoms with Crippen molar-refractivity contribution < 1.29 is 14.6 Å². The van der Waals surface area contributed by atoms with Crippen LogP contribution >= 0.6 is 15.9 Å². The number of ether oxygens (including phenoxy) is 1. The summed E-state index contributed by atoms with van der Waals surface area (Å²) in [6.07, 6.45) is 1.66. The van der Waals surface area contributed by atoms with E-state index in [2.05, 4.69) is 25.8 Å². The fourth-order valence-corrected chi connectivity index (χ4v) is 2.53. The molecule has 1 aromatic rings. The van der Waals surface area contributed by atoms with Crippen LogP contribution in [0.2, 0.25) is 0 Å². The average Bonchev–Trinajstić information content (AvgIpc) is 2.46. The van der Waals surface area contributed by atoms with Gasteiger partial charge in [0.05, 0.1) is 12.3 Å². The number of hydrogen-bond donors (Lipinski definition) is 2. The van der Waals surface area contributed by atoms with E-state index >= 15 is 0 Å². The molecule has 2 rings (SSSR count). The van der Waals surface area contributed by atoms with Gasteiger partial charge in [-0.05, 0) is 28.4 Å². The van der Waals surface area contributed by atoms with E-state index in [0.29, 0.717) is 31.3 Å². The SMILES string of the molecule is Nc1cc(Br)cnc1OCCCN1CCN(C(=O)O)CC1. The summed E-state index contributed by atoms with van der Waals surface area (Å²) in [4.78, 5) is 18.6. The molecule has 1 amide bonds. The molecule has 0 radical (unpaired) electrons. The zero-order valence-electron chi connectivity index (χ0n) is 11.7. The molecule has 8 heteroatoms. The number of carbonyl (C=O) groups is 1. The van der Waals surface area contributed by atoms with E-state index in [1.54, 1.807) is 12.3 Å². The van der Waals surface area contributed by atoms with Gasteiger partial charge in [-0.2, -0.15) is 0 Å². The van der Waals surface area contributed by atoms with Gasteiger partial charge >= 0.3 is 6.09 Å². The molecule has 1 aliphatic rings. The third-order valence-corrected chi connectivity index (χ3v) is 3.78. The molecule has 1 saturated heterocycles. The van der Waals surface area contributed by atoms with Crippen molar-refractivity contribution in [3.8, 4) is 5.88 Å². The van der Waals surface area contributed by atoms with Gasteiger partial charge in [0.2, 0.25) is 5.88 Å². The molecule has 1 aromatic heterocycles. The fraction of sp³-hybridized carbons (Fsp3) is 0.538. The zero-order valence-corrected chi connectivity index (χ0v) is 13.3. The van der Waals surface area contributed by atoms with Crippen molar-refractivity contribution in [2.24, 2.45) is 0 Å². The van der Waals surface area contributed by atoms with Crippen molar-refractivity contribution in [1.29, 1.82) is 0 Å². The first kappa shape index (κ1) is 15.8. The Morgan fingerprint density at radius 3 is 2.76 bits per heavy atom. The first-order chi connectivity index (χ1) is 10.1. The molecule has 1 fully saturated rings. The standard InChI is InChI=1S/C13H19BrN4O3/c14-10-8-11(15)12(16-9-10)21-7-1-2-17-3-5-18(6-4-17)13(19)20/h8-9H,1-7,15H2,(H,19,20). The van der Waals surface area contributed by atoms with Crippen molar-refractivity contribution in [3.05, 3.63) is 16.7 Å². The quantitative estimate of drug-likeness (QED) is 0.774. The lowest BCUT2D eigenvalue weighted by molar-refractivity contribution is 0.103. The van der Waals surface area contributed by atoms with Crippen molar-refractivity contribution in [3.63, 3.8) is 0 Å². The predicted molar refractivity (Wildman–Crippen MR) is 82.5 cm³/mol. The van der Waals surface area contributed by atoms with Gasteiger partial charge in [0.1, 0.15) is 0 Å².